The van der Waals surface area contributed by atoms with Gasteiger partial charge in [-0.2, -0.15) is 0 Å². The quantitative estimate of drug-likeness (QED) is 0.554. The normalized spacial score (nSPS) is 13.1. The van der Waals surface area contributed by atoms with Gasteiger partial charge in [-0.25, -0.2) is 8.42 Å². The van der Waals surface area contributed by atoms with Crippen molar-refractivity contribution in [1.82, 2.24) is 0 Å². The van der Waals surface area contributed by atoms with Crippen molar-refractivity contribution < 1.29 is 21.5 Å². The number of ether oxygens (including phenoxy) is 1. The number of hydrogen-bond donors (Lipinski definition) is 0. The molecule has 0 unspecified atom stereocenters. The van der Waals surface area contributed by atoms with E-state index in [9.17, 15) is 12.6 Å². The van der Waals surface area contributed by atoms with Crippen LogP contribution in [0.2, 0.25) is 0 Å². The van der Waals surface area contributed by atoms with E-state index in [4.69, 9.17) is 8.92 Å². The molecule has 0 amide bonds. The fourth-order valence-corrected chi connectivity index (χ4v) is 3.75. The molecule has 0 aromatic heterocycles. The molecule has 0 bridgehead atoms. The lowest BCUT2D eigenvalue weighted by molar-refractivity contribution is 0.154. The second-order valence-corrected chi connectivity index (χ2v) is 7.66. The van der Waals surface area contributed by atoms with E-state index in [0.717, 1.165) is 16.7 Å². The second kappa shape index (κ2) is 8.39. The van der Waals surface area contributed by atoms with E-state index >= 15 is 0 Å². The largest absolute Gasteiger partial charge is 0.435 e. The Morgan fingerprint density at radius 1 is 0.958 bits per heavy atom. The Morgan fingerprint density at radius 3 is 2.04 bits per heavy atom. The van der Waals surface area contributed by atoms with Crippen molar-refractivity contribution in [2.75, 3.05) is 20.3 Å². The summed E-state index contributed by atoms with van der Waals surface area (Å²) >= 11 is 0. The topological polar surface area (TPSA) is 82.0 Å². The first-order valence-electron chi connectivity index (χ1n) is 7.11. The molecular formula is C16H18NO5S2-. The van der Waals surface area contributed by atoms with Crippen LogP contribution in [0.1, 0.15) is 5.56 Å². The molecule has 0 saturated heterocycles. The van der Waals surface area contributed by atoms with Crippen LogP contribution in [0.25, 0.3) is 11.1 Å². The summed E-state index contributed by atoms with van der Waals surface area (Å²) < 4.78 is 48.4. The summed E-state index contributed by atoms with van der Waals surface area (Å²) in [6.07, 6.45) is 0. The average Bonchev–Trinajstić information content (AvgIpc) is 2.55. The molecule has 0 atom stereocenters. The van der Waals surface area contributed by atoms with Crippen molar-refractivity contribution in [3.8, 4) is 11.1 Å². The summed E-state index contributed by atoms with van der Waals surface area (Å²) in [5, 5.41) is 0. The molecule has 2 aromatic carbocycles. The zero-order valence-electron chi connectivity index (χ0n) is 13.3. The first kappa shape index (κ1) is 18.6. The Bertz CT molecular complexity index is 852. The summed E-state index contributed by atoms with van der Waals surface area (Å²) in [6, 6.07) is 14.1. The highest BCUT2D eigenvalue weighted by Gasteiger charge is 2.10. The maximum atomic E-state index is 12.1. The van der Waals surface area contributed by atoms with Gasteiger partial charge in [-0.05, 0) is 41.1 Å². The van der Waals surface area contributed by atoms with Gasteiger partial charge >= 0.3 is 0 Å². The highest BCUT2D eigenvalue weighted by molar-refractivity contribution is 7.95. The lowest BCUT2D eigenvalue weighted by Gasteiger charge is -2.08. The Kier molecular flexibility index (Phi) is 6.50. The van der Waals surface area contributed by atoms with Crippen molar-refractivity contribution in [3.05, 3.63) is 54.1 Å². The van der Waals surface area contributed by atoms with Crippen LogP contribution in [-0.4, -0.2) is 28.7 Å². The first-order chi connectivity index (χ1) is 11.4. The van der Waals surface area contributed by atoms with Gasteiger partial charge in [0.25, 0.3) is 10.0 Å². The second-order valence-electron chi connectivity index (χ2n) is 4.97. The fraction of sp³-hybridized carbons (Fsp3) is 0.250. The highest BCUT2D eigenvalue weighted by atomic mass is 32.3. The van der Waals surface area contributed by atoms with E-state index in [1.807, 2.05) is 31.2 Å². The number of rotatable bonds is 7. The van der Waals surface area contributed by atoms with Crippen LogP contribution in [0, 0.1) is 6.92 Å². The van der Waals surface area contributed by atoms with Crippen molar-refractivity contribution >= 4 is 20.9 Å². The van der Waals surface area contributed by atoms with Gasteiger partial charge in [0.15, 0.2) is 0 Å². The Hall–Kier alpha value is -1.74. The maximum Gasteiger partial charge on any atom is 0.262 e. The number of benzene rings is 2. The third-order valence-electron chi connectivity index (χ3n) is 3.17. The van der Waals surface area contributed by atoms with Crippen molar-refractivity contribution in [1.29, 1.82) is 0 Å². The predicted octanol–water partition coefficient (Wildman–Crippen LogP) is 3.08. The molecule has 0 aliphatic heterocycles. The van der Waals surface area contributed by atoms with Gasteiger partial charge in [-0.15, -0.1) is 0 Å². The molecule has 0 fully saturated rings. The smallest absolute Gasteiger partial charge is 0.262 e. The molecule has 6 nitrogen and oxygen atoms in total. The molecule has 130 valence electrons. The molecular weight excluding hydrogens is 350 g/mol. The Labute approximate surface area is 143 Å². The summed E-state index contributed by atoms with van der Waals surface area (Å²) in [4.78, 5) is -0.0398. The van der Waals surface area contributed by atoms with Crippen molar-refractivity contribution in [2.45, 2.75) is 11.8 Å². The third-order valence-corrected chi connectivity index (χ3v) is 5.68. The zero-order chi connectivity index (χ0) is 17.6. The molecule has 24 heavy (non-hydrogen) atoms. The van der Waals surface area contributed by atoms with Crippen LogP contribution in [0.15, 0.2) is 57.2 Å². The van der Waals surface area contributed by atoms with Gasteiger partial charge < -0.3 is 13.1 Å². The lowest BCUT2D eigenvalue weighted by atomic mass is 10.0. The number of aryl methyl sites for hydroxylation is 1. The van der Waals surface area contributed by atoms with Crippen LogP contribution < -0.4 is 0 Å². The maximum absolute atomic E-state index is 12.1. The third kappa shape index (κ3) is 5.13. The van der Waals surface area contributed by atoms with Gasteiger partial charge in [-0.3, -0.25) is 3.77 Å². The fourth-order valence-electron chi connectivity index (χ4n) is 1.90. The monoisotopic (exact) mass is 368 g/mol. The molecule has 2 aromatic rings. The molecule has 0 saturated carbocycles. The van der Waals surface area contributed by atoms with Gasteiger partial charge in [0.05, 0.1) is 11.5 Å². The predicted molar refractivity (Wildman–Crippen MR) is 92.1 cm³/mol. The van der Waals surface area contributed by atoms with Crippen LogP contribution in [0.3, 0.4) is 0 Å². The summed E-state index contributed by atoms with van der Waals surface area (Å²) in [7, 11) is -4.87. The molecule has 8 heteroatoms. The molecule has 0 aliphatic carbocycles. The number of methoxy groups -OCH3 is 1. The van der Waals surface area contributed by atoms with Crippen LogP contribution in [-0.2, 0) is 34.0 Å². The number of sulfonamides is 1. The molecule has 2 rings (SSSR count). The summed E-state index contributed by atoms with van der Waals surface area (Å²) in [5.74, 6) is 0. The average molecular weight is 368 g/mol. The zero-order valence-corrected chi connectivity index (χ0v) is 15.0. The molecule has 0 spiro atoms. The number of nitrogens with zero attached hydrogens (tertiary/aromatic N) is 1. The van der Waals surface area contributed by atoms with Gasteiger partial charge in [0, 0.05) is 13.7 Å². The minimum atomic E-state index is -4.04. The van der Waals surface area contributed by atoms with Crippen LogP contribution in [0.5, 0.6) is 0 Å². The molecule has 0 N–H and O–H groups in total. The van der Waals surface area contributed by atoms with Crippen LogP contribution in [0.4, 0.5) is 0 Å². The minimum Gasteiger partial charge on any atom is -0.435 e. The summed E-state index contributed by atoms with van der Waals surface area (Å²) in [5.41, 5.74) is 3.01. The standard InChI is InChI=1S/C16H18NO5S2/c1-13-3-5-14(6-4-13)15-7-9-16(10-8-15)24(19,20)17-23(18)22-12-11-21-2/h3-10H,11-12H2,1-2H3/q-1. The highest BCUT2D eigenvalue weighted by Crippen LogP contribution is 2.22. The van der Waals surface area contributed by atoms with E-state index in [0.29, 0.717) is 0 Å². The van der Waals surface area contributed by atoms with Gasteiger partial charge in [0.1, 0.15) is 0 Å². The van der Waals surface area contributed by atoms with Crippen LogP contribution >= 0.6 is 0 Å². The number of hydrogen-bond acceptors (Lipinski definition) is 6. The summed E-state index contributed by atoms with van der Waals surface area (Å²) in [6.45, 7) is 2.19. The minimum absolute atomic E-state index is 0.00546. The van der Waals surface area contributed by atoms with E-state index in [1.54, 1.807) is 12.1 Å². The first-order valence-corrected chi connectivity index (χ1v) is 9.59. The molecule has 0 heterocycles. The molecule has 0 radical (unpaired) electrons. The van der Waals surface area contributed by atoms with E-state index < -0.39 is 20.9 Å². The van der Waals surface area contributed by atoms with Gasteiger partial charge in [0.2, 0.25) is 0 Å². The van der Waals surface area contributed by atoms with E-state index in [-0.39, 0.29) is 18.1 Å². The van der Waals surface area contributed by atoms with Crippen molar-refractivity contribution in [3.63, 3.8) is 0 Å². The van der Waals surface area contributed by atoms with Crippen molar-refractivity contribution in [2.24, 2.45) is 3.77 Å². The SMILES string of the molecule is COCCO[S-](=O)=NS(=O)(=O)c1ccc(-c2ccc(C)cc2)cc1. The van der Waals surface area contributed by atoms with E-state index in [1.165, 1.54) is 19.2 Å². The van der Waals surface area contributed by atoms with Gasteiger partial charge in [-0.1, -0.05) is 42.0 Å². The Morgan fingerprint density at radius 2 is 1.50 bits per heavy atom. The lowest BCUT2D eigenvalue weighted by Crippen LogP contribution is -2.02. The van der Waals surface area contributed by atoms with E-state index in [2.05, 4.69) is 3.77 Å². The molecule has 0 aliphatic rings. The Balaban J connectivity index is 2.18.